The predicted octanol–water partition coefficient (Wildman–Crippen LogP) is 1.86. The first-order valence-corrected chi connectivity index (χ1v) is 10.1. The second-order valence-corrected chi connectivity index (χ2v) is 8.14. The normalized spacial score (nSPS) is 18.1. The Hall–Kier alpha value is -2.67. The van der Waals surface area contributed by atoms with E-state index < -0.39 is 0 Å². The molecule has 3 aromatic rings. The Morgan fingerprint density at radius 2 is 1.89 bits per heavy atom. The molecule has 1 aromatic carbocycles. The minimum atomic E-state index is 0.0867. The first kappa shape index (κ1) is 17.4. The molecule has 1 saturated heterocycles. The molecule has 0 atom stereocenters. The standard InChI is InChI=1S/C21H26N6O/c1-24-12-17(22-14-24)13-25-6-8-26(9-7-25)18-4-5-19-20(10-18)23-15-27(21(19)28)11-16-2-3-16/h4-5,10,12,14-16H,2-3,6-9,11,13H2,1H3. The Kier molecular flexibility index (Phi) is 4.39. The number of imidazole rings is 1. The Balaban J connectivity index is 1.28. The van der Waals surface area contributed by atoms with Crippen molar-refractivity contribution in [1.82, 2.24) is 24.0 Å². The van der Waals surface area contributed by atoms with Crippen LogP contribution in [0.1, 0.15) is 18.5 Å². The number of aryl methyl sites for hydroxylation is 1. The molecule has 0 radical (unpaired) electrons. The molecule has 0 N–H and O–H groups in total. The molecule has 0 bridgehead atoms. The number of aromatic nitrogens is 4. The van der Waals surface area contributed by atoms with Gasteiger partial charge in [0, 0.05) is 58.2 Å². The first-order valence-electron chi connectivity index (χ1n) is 10.1. The maximum Gasteiger partial charge on any atom is 0.261 e. The minimum absolute atomic E-state index is 0.0867. The van der Waals surface area contributed by atoms with E-state index in [1.54, 1.807) is 10.9 Å². The fourth-order valence-corrected chi connectivity index (χ4v) is 3.99. The highest BCUT2D eigenvalue weighted by Crippen LogP contribution is 2.30. The van der Waals surface area contributed by atoms with Gasteiger partial charge in [0.05, 0.1) is 29.3 Å². The number of fused-ring (bicyclic) bond motifs is 1. The quantitative estimate of drug-likeness (QED) is 0.678. The Morgan fingerprint density at radius 3 is 2.61 bits per heavy atom. The molecule has 2 aliphatic rings. The lowest BCUT2D eigenvalue weighted by atomic mass is 10.2. The predicted molar refractivity (Wildman–Crippen MR) is 109 cm³/mol. The molecule has 3 heterocycles. The molecule has 146 valence electrons. The molecule has 7 heteroatoms. The molecule has 0 unspecified atom stereocenters. The summed E-state index contributed by atoms with van der Waals surface area (Å²) in [6, 6.07) is 6.08. The Morgan fingerprint density at radius 1 is 1.07 bits per heavy atom. The molecule has 1 saturated carbocycles. The van der Waals surface area contributed by atoms with Crippen molar-refractivity contribution < 1.29 is 0 Å². The van der Waals surface area contributed by atoms with Gasteiger partial charge in [0.1, 0.15) is 0 Å². The SMILES string of the molecule is Cn1cnc(CN2CCN(c3ccc4c(=O)n(CC5CC5)cnc4c3)CC2)c1. The molecule has 1 aliphatic carbocycles. The summed E-state index contributed by atoms with van der Waals surface area (Å²) in [6.07, 6.45) is 8.12. The van der Waals surface area contributed by atoms with Gasteiger partial charge in [-0.1, -0.05) is 0 Å². The summed E-state index contributed by atoms with van der Waals surface area (Å²) in [5.74, 6) is 0.665. The van der Waals surface area contributed by atoms with Gasteiger partial charge in [-0.2, -0.15) is 0 Å². The van der Waals surface area contributed by atoms with Crippen molar-refractivity contribution in [2.24, 2.45) is 13.0 Å². The number of nitrogens with zero attached hydrogens (tertiary/aromatic N) is 6. The van der Waals surface area contributed by atoms with E-state index in [-0.39, 0.29) is 5.56 Å². The van der Waals surface area contributed by atoms with Gasteiger partial charge in [-0.05, 0) is 37.0 Å². The molecule has 7 nitrogen and oxygen atoms in total. The Labute approximate surface area is 164 Å². The maximum atomic E-state index is 12.7. The first-order chi connectivity index (χ1) is 13.7. The number of benzene rings is 1. The molecule has 0 spiro atoms. The van der Waals surface area contributed by atoms with Crippen LogP contribution in [-0.4, -0.2) is 50.2 Å². The zero-order valence-corrected chi connectivity index (χ0v) is 16.3. The van der Waals surface area contributed by atoms with E-state index in [2.05, 4.69) is 38.1 Å². The number of hydrogen-bond donors (Lipinski definition) is 0. The van der Waals surface area contributed by atoms with E-state index >= 15 is 0 Å². The van der Waals surface area contributed by atoms with Crippen LogP contribution in [0.25, 0.3) is 10.9 Å². The molecule has 2 fully saturated rings. The topological polar surface area (TPSA) is 59.2 Å². The van der Waals surface area contributed by atoms with Gasteiger partial charge < -0.3 is 9.47 Å². The van der Waals surface area contributed by atoms with E-state index in [0.717, 1.165) is 61.6 Å². The van der Waals surface area contributed by atoms with Gasteiger partial charge in [-0.25, -0.2) is 9.97 Å². The lowest BCUT2D eigenvalue weighted by Crippen LogP contribution is -2.46. The summed E-state index contributed by atoms with van der Waals surface area (Å²) < 4.78 is 3.77. The summed E-state index contributed by atoms with van der Waals surface area (Å²) >= 11 is 0. The van der Waals surface area contributed by atoms with Crippen molar-refractivity contribution in [2.45, 2.75) is 25.9 Å². The van der Waals surface area contributed by atoms with Gasteiger partial charge in [0.25, 0.3) is 5.56 Å². The van der Waals surface area contributed by atoms with Crippen LogP contribution in [0.3, 0.4) is 0 Å². The highest BCUT2D eigenvalue weighted by molar-refractivity contribution is 5.81. The summed E-state index contributed by atoms with van der Waals surface area (Å²) in [5, 5.41) is 0.723. The molecule has 1 aliphatic heterocycles. The summed E-state index contributed by atoms with van der Waals surface area (Å²) in [6.45, 7) is 5.65. The summed E-state index contributed by atoms with van der Waals surface area (Å²) in [7, 11) is 2.00. The van der Waals surface area contributed by atoms with Crippen LogP contribution < -0.4 is 10.5 Å². The fourth-order valence-electron chi connectivity index (χ4n) is 3.99. The zero-order valence-electron chi connectivity index (χ0n) is 16.3. The number of hydrogen-bond acceptors (Lipinski definition) is 5. The van der Waals surface area contributed by atoms with Crippen LogP contribution in [0, 0.1) is 5.92 Å². The van der Waals surface area contributed by atoms with Crippen LogP contribution in [0.15, 0.2) is 41.8 Å². The molecule has 0 amide bonds. The average molecular weight is 378 g/mol. The number of rotatable bonds is 5. The molecule has 2 aromatic heterocycles. The molecular formula is C21H26N6O. The van der Waals surface area contributed by atoms with Crippen LogP contribution in [0.5, 0.6) is 0 Å². The highest BCUT2D eigenvalue weighted by atomic mass is 16.1. The van der Waals surface area contributed by atoms with E-state index in [9.17, 15) is 4.79 Å². The van der Waals surface area contributed by atoms with Gasteiger partial charge in [0.2, 0.25) is 0 Å². The smallest absolute Gasteiger partial charge is 0.261 e. The van der Waals surface area contributed by atoms with Crippen molar-refractivity contribution in [3.8, 4) is 0 Å². The largest absolute Gasteiger partial charge is 0.369 e. The van der Waals surface area contributed by atoms with Crippen molar-refractivity contribution in [2.75, 3.05) is 31.1 Å². The third-order valence-corrected chi connectivity index (χ3v) is 5.84. The van der Waals surface area contributed by atoms with E-state index in [1.807, 2.05) is 24.0 Å². The average Bonchev–Trinajstić information content (AvgIpc) is 3.44. The maximum absolute atomic E-state index is 12.7. The van der Waals surface area contributed by atoms with Crippen molar-refractivity contribution >= 4 is 16.6 Å². The minimum Gasteiger partial charge on any atom is -0.369 e. The van der Waals surface area contributed by atoms with E-state index in [4.69, 9.17) is 0 Å². The van der Waals surface area contributed by atoms with Gasteiger partial charge in [0.15, 0.2) is 0 Å². The number of anilines is 1. The highest BCUT2D eigenvalue weighted by Gasteiger charge is 2.23. The monoisotopic (exact) mass is 378 g/mol. The third kappa shape index (κ3) is 3.54. The lowest BCUT2D eigenvalue weighted by Gasteiger charge is -2.35. The third-order valence-electron chi connectivity index (χ3n) is 5.84. The second-order valence-electron chi connectivity index (χ2n) is 8.14. The van der Waals surface area contributed by atoms with Gasteiger partial charge in [-0.3, -0.25) is 14.3 Å². The lowest BCUT2D eigenvalue weighted by molar-refractivity contribution is 0.247. The fraction of sp³-hybridized carbons (Fsp3) is 0.476. The van der Waals surface area contributed by atoms with E-state index in [0.29, 0.717) is 5.92 Å². The van der Waals surface area contributed by atoms with Crippen molar-refractivity contribution in [3.05, 3.63) is 53.1 Å². The molecule has 5 rings (SSSR count). The summed E-state index contributed by atoms with van der Waals surface area (Å²) in [4.78, 5) is 26.5. The van der Waals surface area contributed by atoms with E-state index in [1.165, 1.54) is 12.8 Å². The van der Waals surface area contributed by atoms with Gasteiger partial charge >= 0.3 is 0 Å². The van der Waals surface area contributed by atoms with Crippen molar-refractivity contribution in [1.29, 1.82) is 0 Å². The van der Waals surface area contributed by atoms with Crippen LogP contribution >= 0.6 is 0 Å². The van der Waals surface area contributed by atoms with Crippen LogP contribution in [0.4, 0.5) is 5.69 Å². The summed E-state index contributed by atoms with van der Waals surface area (Å²) in [5.41, 5.74) is 3.15. The van der Waals surface area contributed by atoms with Crippen LogP contribution in [0.2, 0.25) is 0 Å². The van der Waals surface area contributed by atoms with Gasteiger partial charge in [-0.15, -0.1) is 0 Å². The second kappa shape index (κ2) is 7.05. The number of piperazine rings is 1. The van der Waals surface area contributed by atoms with Crippen LogP contribution in [-0.2, 0) is 20.1 Å². The molecule has 28 heavy (non-hydrogen) atoms. The van der Waals surface area contributed by atoms with Crippen molar-refractivity contribution in [3.63, 3.8) is 0 Å². The Bertz CT molecular complexity index is 1040. The zero-order chi connectivity index (χ0) is 19.1. The molecular weight excluding hydrogens is 352 g/mol.